The van der Waals surface area contributed by atoms with Crippen LogP contribution in [0, 0.1) is 59.2 Å². The van der Waals surface area contributed by atoms with Gasteiger partial charge in [-0.15, -0.1) is 0 Å². The molecule has 0 amide bonds. The van der Waals surface area contributed by atoms with Gasteiger partial charge >= 0.3 is 0 Å². The largest absolute Gasteiger partial charge is 0.381 e. The second-order valence-electron chi connectivity index (χ2n) is 10.5. The first-order valence-corrected chi connectivity index (χ1v) is 12.3. The van der Waals surface area contributed by atoms with Gasteiger partial charge in [0.25, 0.3) is 0 Å². The summed E-state index contributed by atoms with van der Waals surface area (Å²) in [6.45, 7) is 11.6. The molecule has 0 aromatic heterocycles. The lowest BCUT2D eigenvalue weighted by Crippen LogP contribution is -2.24. The van der Waals surface area contributed by atoms with Crippen LogP contribution in [-0.4, -0.2) is 13.2 Å². The molecule has 0 aromatic rings. The smallest absolute Gasteiger partial charge is 0.0500 e. The van der Waals surface area contributed by atoms with Gasteiger partial charge in [0, 0.05) is 0 Å². The highest BCUT2D eigenvalue weighted by Gasteiger charge is 2.55. The maximum atomic E-state index is 5.58. The van der Waals surface area contributed by atoms with E-state index in [4.69, 9.17) is 4.74 Å². The van der Waals surface area contributed by atoms with E-state index in [1.54, 1.807) is 25.7 Å². The summed E-state index contributed by atoms with van der Waals surface area (Å²) in [6.07, 6.45) is 13.5. The highest BCUT2D eigenvalue weighted by atomic mass is 16.5. The minimum atomic E-state index is 0.917. The maximum absolute atomic E-state index is 5.58. The summed E-state index contributed by atoms with van der Waals surface area (Å²) in [6, 6.07) is 0. The summed E-state index contributed by atoms with van der Waals surface area (Å²) in [4.78, 5) is 0. The first-order valence-electron chi connectivity index (χ1n) is 12.3. The Kier molecular flexibility index (Phi) is 6.04. The van der Waals surface area contributed by atoms with Gasteiger partial charge in [0.15, 0.2) is 0 Å². The third kappa shape index (κ3) is 3.19. The molecule has 150 valence electrons. The number of ether oxygens (including phenoxy) is 1. The molecule has 0 spiro atoms. The summed E-state index contributed by atoms with van der Waals surface area (Å²) < 4.78 is 5.58. The quantitative estimate of drug-likeness (QED) is 0.535. The van der Waals surface area contributed by atoms with Gasteiger partial charge in [0.05, 0.1) is 13.2 Å². The van der Waals surface area contributed by atoms with Crippen LogP contribution in [-0.2, 0) is 4.74 Å². The summed E-state index contributed by atoms with van der Waals surface area (Å²) in [5.74, 6) is 10.7. The average Bonchev–Trinajstić information content (AvgIpc) is 3.46. The van der Waals surface area contributed by atoms with Crippen molar-refractivity contribution in [2.75, 3.05) is 13.2 Å². The molecule has 4 saturated carbocycles. The Morgan fingerprint density at radius 3 is 1.42 bits per heavy atom. The molecule has 1 nitrogen and oxygen atoms in total. The van der Waals surface area contributed by atoms with Crippen molar-refractivity contribution >= 4 is 0 Å². The molecule has 5 rings (SSSR count). The molecule has 2 bridgehead atoms. The third-order valence-electron chi connectivity index (χ3n) is 9.83. The van der Waals surface area contributed by atoms with Gasteiger partial charge in [-0.1, -0.05) is 53.4 Å². The van der Waals surface area contributed by atoms with E-state index in [9.17, 15) is 0 Å². The van der Waals surface area contributed by atoms with E-state index in [1.165, 1.54) is 43.9 Å². The minimum Gasteiger partial charge on any atom is -0.381 e. The van der Waals surface area contributed by atoms with Crippen LogP contribution < -0.4 is 0 Å². The Balaban J connectivity index is 0.000000131. The number of hydrogen-bond acceptors (Lipinski definition) is 1. The van der Waals surface area contributed by atoms with Crippen molar-refractivity contribution in [2.24, 2.45) is 59.2 Å². The van der Waals surface area contributed by atoms with Crippen LogP contribution in [0.25, 0.3) is 0 Å². The average molecular weight is 361 g/mol. The fourth-order valence-electron chi connectivity index (χ4n) is 8.60. The summed E-state index contributed by atoms with van der Waals surface area (Å²) >= 11 is 0. The zero-order chi connectivity index (χ0) is 18.3. The van der Waals surface area contributed by atoms with E-state index in [2.05, 4.69) is 27.7 Å². The molecule has 4 aliphatic carbocycles. The molecule has 5 aliphatic rings. The van der Waals surface area contributed by atoms with E-state index in [0.717, 1.165) is 60.6 Å². The SMILES string of the molecule is CCC1CC(CC)C2C3CCC(C3)C12.CCC1CC(CC)C2COCC12. The normalized spacial score (nSPS) is 51.2. The van der Waals surface area contributed by atoms with E-state index in [-0.39, 0.29) is 0 Å². The fourth-order valence-corrected chi connectivity index (χ4v) is 8.60. The van der Waals surface area contributed by atoms with Crippen molar-refractivity contribution in [3.05, 3.63) is 0 Å². The van der Waals surface area contributed by atoms with Crippen LogP contribution in [0.2, 0.25) is 0 Å². The molecule has 5 fully saturated rings. The van der Waals surface area contributed by atoms with Crippen molar-refractivity contribution in [3.63, 3.8) is 0 Å². The Morgan fingerprint density at radius 1 is 0.577 bits per heavy atom. The molecule has 0 radical (unpaired) electrons. The minimum absolute atomic E-state index is 0.917. The molecular formula is C25H44O. The number of fused-ring (bicyclic) bond motifs is 6. The molecule has 10 atom stereocenters. The third-order valence-corrected chi connectivity index (χ3v) is 9.83. The lowest BCUT2D eigenvalue weighted by atomic mass is 9.75. The molecule has 0 aromatic carbocycles. The molecule has 1 heterocycles. The van der Waals surface area contributed by atoms with Gasteiger partial charge in [-0.25, -0.2) is 0 Å². The molecule has 1 aliphatic heterocycles. The molecule has 10 unspecified atom stereocenters. The first kappa shape index (κ1) is 19.3. The lowest BCUT2D eigenvalue weighted by molar-refractivity contribution is 0.152. The highest BCUT2D eigenvalue weighted by molar-refractivity contribution is 5.05. The van der Waals surface area contributed by atoms with Gasteiger partial charge in [-0.2, -0.15) is 0 Å². The van der Waals surface area contributed by atoms with Crippen LogP contribution in [0.4, 0.5) is 0 Å². The van der Waals surface area contributed by atoms with Gasteiger partial charge in [0.2, 0.25) is 0 Å². The van der Waals surface area contributed by atoms with Crippen molar-refractivity contribution < 1.29 is 4.74 Å². The number of hydrogen-bond donors (Lipinski definition) is 0. The predicted molar refractivity (Wildman–Crippen MR) is 110 cm³/mol. The highest BCUT2D eigenvalue weighted by Crippen LogP contribution is 2.63. The Hall–Kier alpha value is -0.0400. The molecule has 0 N–H and O–H groups in total. The van der Waals surface area contributed by atoms with Crippen LogP contribution in [0.3, 0.4) is 0 Å². The zero-order valence-corrected chi connectivity index (χ0v) is 18.0. The molecule has 1 saturated heterocycles. The second kappa shape index (κ2) is 8.14. The van der Waals surface area contributed by atoms with Crippen molar-refractivity contribution in [3.8, 4) is 0 Å². The van der Waals surface area contributed by atoms with E-state index < -0.39 is 0 Å². The van der Waals surface area contributed by atoms with Crippen molar-refractivity contribution in [2.45, 2.75) is 85.5 Å². The molecule has 26 heavy (non-hydrogen) atoms. The standard InChI is InChI=1S/C14H24.C11H20O/c1-3-9-7-10(4-2)14-12-6-5-11(8-12)13(9)14;1-3-8-5-9(4-2)11-7-12-6-10(8)11/h9-14H,3-8H2,1-2H3;8-11H,3-7H2,1-2H3. The summed E-state index contributed by atoms with van der Waals surface area (Å²) in [5, 5.41) is 0. The van der Waals surface area contributed by atoms with E-state index >= 15 is 0 Å². The predicted octanol–water partition coefficient (Wildman–Crippen LogP) is 6.81. The fraction of sp³-hybridized carbons (Fsp3) is 1.00. The Bertz CT molecular complexity index is 421. The van der Waals surface area contributed by atoms with Crippen LogP contribution in [0.5, 0.6) is 0 Å². The number of rotatable bonds is 4. The van der Waals surface area contributed by atoms with Crippen LogP contribution >= 0.6 is 0 Å². The van der Waals surface area contributed by atoms with Gasteiger partial charge in [0.1, 0.15) is 0 Å². The summed E-state index contributed by atoms with van der Waals surface area (Å²) in [7, 11) is 0. The molecule has 1 heteroatoms. The summed E-state index contributed by atoms with van der Waals surface area (Å²) in [5.41, 5.74) is 0. The Morgan fingerprint density at radius 2 is 1.00 bits per heavy atom. The van der Waals surface area contributed by atoms with E-state index in [1.807, 2.05) is 0 Å². The van der Waals surface area contributed by atoms with Crippen molar-refractivity contribution in [1.82, 2.24) is 0 Å². The Labute approximate surface area is 163 Å². The van der Waals surface area contributed by atoms with Gasteiger partial charge in [-0.3, -0.25) is 0 Å². The molecular weight excluding hydrogens is 316 g/mol. The second-order valence-corrected chi connectivity index (χ2v) is 10.5. The zero-order valence-electron chi connectivity index (χ0n) is 18.0. The van der Waals surface area contributed by atoms with Gasteiger partial charge < -0.3 is 4.74 Å². The first-order chi connectivity index (χ1) is 12.7. The monoisotopic (exact) mass is 360 g/mol. The topological polar surface area (TPSA) is 9.23 Å². The van der Waals surface area contributed by atoms with Gasteiger partial charge in [-0.05, 0) is 91.3 Å². The van der Waals surface area contributed by atoms with Crippen LogP contribution in [0.1, 0.15) is 85.5 Å². The van der Waals surface area contributed by atoms with E-state index in [0.29, 0.717) is 0 Å². The van der Waals surface area contributed by atoms with Crippen LogP contribution in [0.15, 0.2) is 0 Å². The van der Waals surface area contributed by atoms with Crippen molar-refractivity contribution in [1.29, 1.82) is 0 Å². The lowest BCUT2D eigenvalue weighted by Gasteiger charge is -2.30. The maximum Gasteiger partial charge on any atom is 0.0500 e.